The molecule has 0 amide bonds. The molecule has 0 unspecified atom stereocenters. The van der Waals surface area contributed by atoms with Gasteiger partial charge in [0.25, 0.3) is 5.88 Å². The highest BCUT2D eigenvalue weighted by Gasteiger charge is 2.29. The van der Waals surface area contributed by atoms with Crippen LogP contribution in [0.4, 0.5) is 11.6 Å². The molecule has 1 aromatic carbocycles. The molecule has 16 nitrogen and oxygen atoms in total. The number of nitriles is 1. The Hall–Kier alpha value is -5.40. The van der Waals surface area contributed by atoms with Crippen LogP contribution in [-0.4, -0.2) is 93.1 Å². The average molecular weight is 652 g/mol. The fraction of sp³-hybridized carbons (Fsp3) is 0.438. The number of anilines is 2. The van der Waals surface area contributed by atoms with Crippen LogP contribution in [0.15, 0.2) is 61.6 Å². The van der Waals surface area contributed by atoms with Crippen molar-refractivity contribution in [2.24, 2.45) is 0 Å². The van der Waals surface area contributed by atoms with Crippen LogP contribution in [0.25, 0.3) is 11.1 Å². The summed E-state index contributed by atoms with van der Waals surface area (Å²) in [5.41, 5.74) is 2.69. The molecule has 1 aliphatic heterocycles. The van der Waals surface area contributed by atoms with Crippen molar-refractivity contribution in [1.82, 2.24) is 54.6 Å². The van der Waals surface area contributed by atoms with Crippen LogP contribution >= 0.6 is 0 Å². The first kappa shape index (κ1) is 31.2. The molecule has 4 aromatic heterocycles. The predicted octanol–water partition coefficient (Wildman–Crippen LogP) is 3.46. The SMILES string of the molecule is C[C@@H](Cn1cnnn1)Oc1cc(-c2cnc(Nc3cn(C4CCC(N5CCOCC5)CC4)nc3OCn3cccn3)nc2)ccc1C#N. The van der Waals surface area contributed by atoms with Gasteiger partial charge in [-0.25, -0.2) is 19.3 Å². The minimum atomic E-state index is -0.274. The topological polar surface area (TPSA) is 172 Å². The zero-order valence-electron chi connectivity index (χ0n) is 26.7. The van der Waals surface area contributed by atoms with E-state index in [1.54, 1.807) is 34.0 Å². The first-order valence-electron chi connectivity index (χ1n) is 16.1. The maximum Gasteiger partial charge on any atom is 0.258 e. The number of ether oxygens (including phenoxy) is 3. The second-order valence-corrected chi connectivity index (χ2v) is 12.0. The second-order valence-electron chi connectivity index (χ2n) is 12.0. The van der Waals surface area contributed by atoms with E-state index < -0.39 is 0 Å². The van der Waals surface area contributed by atoms with Gasteiger partial charge in [0.15, 0.2) is 6.73 Å². The monoisotopic (exact) mass is 651 g/mol. The van der Waals surface area contributed by atoms with Crippen molar-refractivity contribution in [2.75, 3.05) is 31.6 Å². The molecule has 5 heterocycles. The van der Waals surface area contributed by atoms with E-state index in [-0.39, 0.29) is 18.9 Å². The van der Waals surface area contributed by atoms with Crippen LogP contribution in [0.2, 0.25) is 0 Å². The maximum atomic E-state index is 9.66. The molecule has 7 rings (SSSR count). The number of morpholine rings is 1. The number of nitrogens with one attached hydrogen (secondary N) is 1. The number of benzene rings is 1. The van der Waals surface area contributed by atoms with Crippen molar-refractivity contribution in [3.8, 4) is 28.8 Å². The van der Waals surface area contributed by atoms with E-state index in [1.807, 2.05) is 42.2 Å². The van der Waals surface area contributed by atoms with Gasteiger partial charge in [0.2, 0.25) is 5.95 Å². The maximum absolute atomic E-state index is 9.66. The third kappa shape index (κ3) is 7.42. The fourth-order valence-corrected chi connectivity index (χ4v) is 6.22. The fourth-order valence-electron chi connectivity index (χ4n) is 6.22. The molecular formula is C32H37N13O3. The summed E-state index contributed by atoms with van der Waals surface area (Å²) in [6.07, 6.45) is 14.6. The van der Waals surface area contributed by atoms with E-state index in [0.717, 1.165) is 63.1 Å². The third-order valence-electron chi connectivity index (χ3n) is 8.69. The second kappa shape index (κ2) is 14.6. The van der Waals surface area contributed by atoms with E-state index >= 15 is 0 Å². The molecule has 0 spiro atoms. The first-order chi connectivity index (χ1) is 23.6. The zero-order chi connectivity index (χ0) is 32.7. The molecule has 48 heavy (non-hydrogen) atoms. The number of rotatable bonds is 12. The normalized spacial score (nSPS) is 19.0. The van der Waals surface area contributed by atoms with Gasteiger partial charge in [-0.3, -0.25) is 9.58 Å². The lowest BCUT2D eigenvalue weighted by atomic mass is 9.90. The number of tetrazole rings is 1. The molecule has 1 atom stereocenters. The van der Waals surface area contributed by atoms with Crippen LogP contribution in [0.1, 0.15) is 44.2 Å². The summed E-state index contributed by atoms with van der Waals surface area (Å²) >= 11 is 0. The Kier molecular flexibility index (Phi) is 9.48. The lowest BCUT2D eigenvalue weighted by Gasteiger charge is -2.38. The lowest BCUT2D eigenvalue weighted by Crippen LogP contribution is -2.45. The highest BCUT2D eigenvalue weighted by molar-refractivity contribution is 5.67. The van der Waals surface area contributed by atoms with Gasteiger partial charge < -0.3 is 19.5 Å². The minimum Gasteiger partial charge on any atom is -0.487 e. The summed E-state index contributed by atoms with van der Waals surface area (Å²) in [5, 5.41) is 33.3. The van der Waals surface area contributed by atoms with Crippen LogP contribution < -0.4 is 14.8 Å². The molecule has 2 aliphatic rings. The number of aromatic nitrogens is 10. The molecule has 0 bridgehead atoms. The highest BCUT2D eigenvalue weighted by atomic mass is 16.5. The van der Waals surface area contributed by atoms with Crippen LogP contribution in [0.3, 0.4) is 0 Å². The molecule has 1 N–H and O–H groups in total. The number of nitrogens with zero attached hydrogens (tertiary/aromatic N) is 12. The number of hydrogen-bond donors (Lipinski definition) is 1. The van der Waals surface area contributed by atoms with Crippen molar-refractivity contribution in [2.45, 2.75) is 64.1 Å². The Labute approximate surface area is 277 Å². The summed E-state index contributed by atoms with van der Waals surface area (Å²) < 4.78 is 23.1. The summed E-state index contributed by atoms with van der Waals surface area (Å²) in [4.78, 5) is 11.7. The summed E-state index contributed by atoms with van der Waals surface area (Å²) in [6, 6.07) is 10.3. The smallest absolute Gasteiger partial charge is 0.258 e. The summed E-state index contributed by atoms with van der Waals surface area (Å²) in [7, 11) is 0. The molecule has 1 saturated carbocycles. The minimum absolute atomic E-state index is 0.222. The Bertz CT molecular complexity index is 1790. The molecule has 1 aliphatic carbocycles. The Morgan fingerprint density at radius 2 is 1.88 bits per heavy atom. The van der Waals surface area contributed by atoms with Gasteiger partial charge in [-0.2, -0.15) is 10.4 Å². The Balaban J connectivity index is 1.05. The largest absolute Gasteiger partial charge is 0.487 e. The molecular weight excluding hydrogens is 614 g/mol. The van der Waals surface area contributed by atoms with Crippen LogP contribution in [0.5, 0.6) is 11.6 Å². The van der Waals surface area contributed by atoms with E-state index in [2.05, 4.69) is 46.9 Å². The molecule has 1 saturated heterocycles. The molecule has 2 fully saturated rings. The third-order valence-corrected chi connectivity index (χ3v) is 8.69. The Morgan fingerprint density at radius 1 is 1.06 bits per heavy atom. The van der Waals surface area contributed by atoms with Crippen LogP contribution in [-0.2, 0) is 18.0 Å². The van der Waals surface area contributed by atoms with Gasteiger partial charge >= 0.3 is 0 Å². The van der Waals surface area contributed by atoms with Crippen molar-refractivity contribution in [3.63, 3.8) is 0 Å². The molecule has 248 valence electrons. The van der Waals surface area contributed by atoms with E-state index in [4.69, 9.17) is 19.3 Å². The summed E-state index contributed by atoms with van der Waals surface area (Å²) in [6.45, 7) is 6.21. The lowest BCUT2D eigenvalue weighted by molar-refractivity contribution is 0.00501. The van der Waals surface area contributed by atoms with Crippen molar-refractivity contribution in [1.29, 1.82) is 5.26 Å². The first-order valence-corrected chi connectivity index (χ1v) is 16.1. The number of hydrogen-bond acceptors (Lipinski definition) is 13. The van der Waals surface area contributed by atoms with Crippen molar-refractivity contribution < 1.29 is 14.2 Å². The van der Waals surface area contributed by atoms with Gasteiger partial charge in [0, 0.05) is 49.5 Å². The highest BCUT2D eigenvalue weighted by Crippen LogP contribution is 2.35. The molecule has 16 heteroatoms. The molecule has 0 radical (unpaired) electrons. The quantitative estimate of drug-likeness (QED) is 0.208. The van der Waals surface area contributed by atoms with Gasteiger partial charge in [-0.15, -0.1) is 10.2 Å². The van der Waals surface area contributed by atoms with Gasteiger partial charge in [-0.1, -0.05) is 6.07 Å². The van der Waals surface area contributed by atoms with E-state index in [9.17, 15) is 5.26 Å². The standard InChI is InChI=1S/C32H37N13O3/c1-23(19-44-21-36-40-41-44)48-30-15-24(3-4-25(30)16-33)26-17-34-32(35-18-26)38-29-20-45(39-31(29)47-22-43-10-2-9-37-43)28-7-5-27(6-8-28)42-11-13-46-14-12-42/h2-4,9-10,15,17-18,20-21,23,27-28H,5-8,11-14,19,22H2,1H3,(H,34,35,38)/t23-,27?,28?/m0/s1. The van der Waals surface area contributed by atoms with E-state index in [0.29, 0.717) is 41.4 Å². The van der Waals surface area contributed by atoms with Crippen molar-refractivity contribution >= 4 is 11.6 Å². The van der Waals surface area contributed by atoms with Gasteiger partial charge in [-0.05, 0) is 66.8 Å². The average Bonchev–Trinajstić information content (AvgIpc) is 3.92. The zero-order valence-corrected chi connectivity index (χ0v) is 26.7. The molecule has 5 aromatic rings. The van der Waals surface area contributed by atoms with Crippen molar-refractivity contribution in [3.05, 3.63) is 67.1 Å². The van der Waals surface area contributed by atoms with Crippen LogP contribution in [0, 0.1) is 11.3 Å². The summed E-state index contributed by atoms with van der Waals surface area (Å²) in [5.74, 6) is 1.32. The van der Waals surface area contributed by atoms with E-state index in [1.165, 1.54) is 6.33 Å². The van der Waals surface area contributed by atoms with Gasteiger partial charge in [0.1, 0.15) is 29.9 Å². The van der Waals surface area contributed by atoms with Gasteiger partial charge in [0.05, 0.1) is 37.6 Å². The Morgan fingerprint density at radius 3 is 2.60 bits per heavy atom. The predicted molar refractivity (Wildman–Crippen MR) is 172 cm³/mol.